The van der Waals surface area contributed by atoms with E-state index in [2.05, 4.69) is 31.1 Å². The molecule has 0 spiro atoms. The van der Waals surface area contributed by atoms with Crippen molar-refractivity contribution in [2.75, 3.05) is 13.7 Å². The molecule has 0 aliphatic heterocycles. The zero-order valence-corrected chi connectivity index (χ0v) is 11.4. The fraction of sp³-hybridized carbons (Fsp3) is 0.750. The van der Waals surface area contributed by atoms with Gasteiger partial charge in [0.15, 0.2) is 0 Å². The predicted molar refractivity (Wildman–Crippen MR) is 68.8 cm³/mol. The van der Waals surface area contributed by atoms with Crippen molar-refractivity contribution in [3.63, 3.8) is 0 Å². The fourth-order valence-electron chi connectivity index (χ4n) is 1.34. The number of methoxy groups -OCH3 is 1. The summed E-state index contributed by atoms with van der Waals surface area (Å²) >= 11 is 1.77. The van der Waals surface area contributed by atoms with Gasteiger partial charge in [-0.3, -0.25) is 0 Å². The van der Waals surface area contributed by atoms with Gasteiger partial charge < -0.3 is 10.1 Å². The van der Waals surface area contributed by atoms with Crippen LogP contribution in [0.2, 0.25) is 0 Å². The summed E-state index contributed by atoms with van der Waals surface area (Å²) in [6.07, 6.45) is 3.13. The van der Waals surface area contributed by atoms with E-state index in [1.807, 2.05) is 6.20 Å². The van der Waals surface area contributed by atoms with Crippen molar-refractivity contribution in [3.05, 3.63) is 16.1 Å². The highest BCUT2D eigenvalue weighted by Crippen LogP contribution is 2.15. The van der Waals surface area contributed by atoms with E-state index in [9.17, 15) is 0 Å². The zero-order valence-electron chi connectivity index (χ0n) is 10.6. The second-order valence-corrected chi connectivity index (χ2v) is 5.70. The molecule has 1 atom stereocenters. The highest BCUT2D eigenvalue weighted by Gasteiger charge is 2.06. The van der Waals surface area contributed by atoms with Gasteiger partial charge in [0.2, 0.25) is 0 Å². The third-order valence-corrected chi connectivity index (χ3v) is 3.34. The number of hydrogen-bond donors (Lipinski definition) is 1. The van der Waals surface area contributed by atoms with Crippen LogP contribution in [0.1, 0.15) is 30.7 Å². The van der Waals surface area contributed by atoms with Crippen LogP contribution in [0, 0.1) is 5.92 Å². The summed E-state index contributed by atoms with van der Waals surface area (Å²) < 4.78 is 5.23. The van der Waals surface area contributed by atoms with Crippen molar-refractivity contribution >= 4 is 11.3 Å². The topological polar surface area (TPSA) is 34.1 Å². The Kier molecular flexibility index (Phi) is 5.95. The van der Waals surface area contributed by atoms with Gasteiger partial charge in [0.1, 0.15) is 0 Å². The molecule has 3 nitrogen and oxygen atoms in total. The molecule has 1 aromatic heterocycles. The first-order valence-electron chi connectivity index (χ1n) is 5.79. The van der Waals surface area contributed by atoms with E-state index in [1.165, 1.54) is 4.88 Å². The lowest BCUT2D eigenvalue weighted by Crippen LogP contribution is -2.18. The summed E-state index contributed by atoms with van der Waals surface area (Å²) in [5.74, 6) is 0.695. The largest absolute Gasteiger partial charge is 0.381 e. The third-order valence-electron chi connectivity index (χ3n) is 2.32. The van der Waals surface area contributed by atoms with Crippen LogP contribution in [0.3, 0.4) is 0 Å². The van der Waals surface area contributed by atoms with E-state index in [4.69, 9.17) is 4.74 Å². The Morgan fingerprint density at radius 1 is 1.44 bits per heavy atom. The van der Waals surface area contributed by atoms with Gasteiger partial charge in [-0.05, 0) is 19.4 Å². The van der Waals surface area contributed by atoms with E-state index in [0.717, 1.165) is 24.5 Å². The van der Waals surface area contributed by atoms with Crippen molar-refractivity contribution in [1.82, 2.24) is 10.3 Å². The molecule has 0 amide bonds. The SMILES string of the molecule is COC(C)Cc1ncc(CNCC(C)C)s1. The Balaban J connectivity index is 2.33. The first kappa shape index (κ1) is 13.6. The predicted octanol–water partition coefficient (Wildman–Crippen LogP) is 2.47. The maximum absolute atomic E-state index is 5.23. The first-order valence-corrected chi connectivity index (χ1v) is 6.60. The maximum atomic E-state index is 5.23. The van der Waals surface area contributed by atoms with Crippen LogP contribution in [0.15, 0.2) is 6.20 Å². The second-order valence-electron chi connectivity index (χ2n) is 4.50. The van der Waals surface area contributed by atoms with Gasteiger partial charge in [-0.1, -0.05) is 13.8 Å². The van der Waals surface area contributed by atoms with Gasteiger partial charge in [-0.25, -0.2) is 4.98 Å². The quantitative estimate of drug-likeness (QED) is 0.797. The lowest BCUT2D eigenvalue weighted by molar-refractivity contribution is 0.119. The van der Waals surface area contributed by atoms with Gasteiger partial charge in [0.25, 0.3) is 0 Å². The Morgan fingerprint density at radius 3 is 2.81 bits per heavy atom. The van der Waals surface area contributed by atoms with E-state index in [-0.39, 0.29) is 6.10 Å². The lowest BCUT2D eigenvalue weighted by atomic mass is 10.2. The number of ether oxygens (including phenoxy) is 1. The molecule has 0 aliphatic carbocycles. The monoisotopic (exact) mass is 242 g/mol. The molecule has 0 saturated carbocycles. The first-order chi connectivity index (χ1) is 7.61. The Hall–Kier alpha value is -0.450. The lowest BCUT2D eigenvalue weighted by Gasteiger charge is -2.06. The maximum Gasteiger partial charge on any atom is 0.0953 e. The van der Waals surface area contributed by atoms with Crippen LogP contribution < -0.4 is 5.32 Å². The van der Waals surface area contributed by atoms with Crippen LogP contribution in [0.25, 0.3) is 0 Å². The van der Waals surface area contributed by atoms with Crippen molar-refractivity contribution in [2.24, 2.45) is 5.92 Å². The van der Waals surface area contributed by atoms with Crippen LogP contribution in [0.5, 0.6) is 0 Å². The molecular formula is C12H22N2OS. The third kappa shape index (κ3) is 5.05. The molecule has 0 fully saturated rings. The van der Waals surface area contributed by atoms with E-state index in [0.29, 0.717) is 5.92 Å². The molecule has 16 heavy (non-hydrogen) atoms. The van der Waals surface area contributed by atoms with E-state index >= 15 is 0 Å². The number of rotatable bonds is 7. The van der Waals surface area contributed by atoms with Crippen molar-refractivity contribution in [2.45, 2.75) is 39.8 Å². The molecular weight excluding hydrogens is 220 g/mol. The van der Waals surface area contributed by atoms with Gasteiger partial charge in [0, 0.05) is 31.1 Å². The summed E-state index contributed by atoms with van der Waals surface area (Å²) in [7, 11) is 1.74. The Labute approximate surface area is 102 Å². The normalized spacial score (nSPS) is 13.3. The fourth-order valence-corrected chi connectivity index (χ4v) is 2.34. The molecule has 0 bridgehead atoms. The molecule has 1 unspecified atom stereocenters. The smallest absolute Gasteiger partial charge is 0.0953 e. The second kappa shape index (κ2) is 6.99. The van der Waals surface area contributed by atoms with Crippen molar-refractivity contribution in [3.8, 4) is 0 Å². The van der Waals surface area contributed by atoms with E-state index in [1.54, 1.807) is 18.4 Å². The molecule has 92 valence electrons. The molecule has 1 N–H and O–H groups in total. The molecule has 1 aromatic rings. The molecule has 1 heterocycles. The summed E-state index contributed by atoms with van der Waals surface area (Å²) in [5.41, 5.74) is 0. The highest BCUT2D eigenvalue weighted by atomic mass is 32.1. The van der Waals surface area contributed by atoms with Gasteiger partial charge in [-0.2, -0.15) is 0 Å². The van der Waals surface area contributed by atoms with Crippen LogP contribution >= 0.6 is 11.3 Å². The van der Waals surface area contributed by atoms with Gasteiger partial charge in [-0.15, -0.1) is 11.3 Å². The van der Waals surface area contributed by atoms with E-state index < -0.39 is 0 Å². The highest BCUT2D eigenvalue weighted by molar-refractivity contribution is 7.11. The van der Waals surface area contributed by atoms with Gasteiger partial charge >= 0.3 is 0 Å². The number of thiazole rings is 1. The zero-order chi connectivity index (χ0) is 12.0. The summed E-state index contributed by atoms with van der Waals surface area (Å²) in [5, 5.41) is 4.58. The minimum atomic E-state index is 0.252. The van der Waals surface area contributed by atoms with Crippen molar-refractivity contribution in [1.29, 1.82) is 0 Å². The molecule has 1 rings (SSSR count). The van der Waals surface area contributed by atoms with Crippen LogP contribution in [-0.4, -0.2) is 24.7 Å². The number of hydrogen-bond acceptors (Lipinski definition) is 4. The average molecular weight is 242 g/mol. The van der Waals surface area contributed by atoms with Crippen LogP contribution in [-0.2, 0) is 17.7 Å². The summed E-state index contributed by atoms with van der Waals surface area (Å²) in [6, 6.07) is 0. The summed E-state index contributed by atoms with van der Waals surface area (Å²) in [4.78, 5) is 5.70. The minimum Gasteiger partial charge on any atom is -0.381 e. The number of aromatic nitrogens is 1. The molecule has 0 radical (unpaired) electrons. The standard InChI is InChI=1S/C12H22N2OS/c1-9(2)6-13-7-11-8-14-12(16-11)5-10(3)15-4/h8-10,13H,5-7H2,1-4H3. The molecule has 0 aromatic carbocycles. The van der Waals surface area contributed by atoms with Crippen LogP contribution in [0.4, 0.5) is 0 Å². The van der Waals surface area contributed by atoms with Crippen molar-refractivity contribution < 1.29 is 4.74 Å². The minimum absolute atomic E-state index is 0.252. The number of nitrogens with zero attached hydrogens (tertiary/aromatic N) is 1. The Bertz CT molecular complexity index is 299. The number of nitrogens with one attached hydrogen (secondary N) is 1. The molecule has 4 heteroatoms. The molecule has 0 aliphatic rings. The summed E-state index contributed by atoms with van der Waals surface area (Å²) in [6.45, 7) is 8.48. The average Bonchev–Trinajstić information content (AvgIpc) is 2.65. The molecule has 0 saturated heterocycles. The Morgan fingerprint density at radius 2 is 2.19 bits per heavy atom. The van der Waals surface area contributed by atoms with Gasteiger partial charge in [0.05, 0.1) is 11.1 Å².